The van der Waals surface area contributed by atoms with Crippen LogP contribution >= 0.6 is 46.4 Å². The first-order valence-electron chi connectivity index (χ1n) is 14.3. The number of benzene rings is 5. The Hall–Kier alpha value is -3.26. The molecule has 49 heavy (non-hydrogen) atoms. The summed E-state index contributed by atoms with van der Waals surface area (Å²) in [6.07, 6.45) is 0. The molecule has 15 heteroatoms. The lowest BCUT2D eigenvalue weighted by Crippen LogP contribution is -2.33. The molecule has 256 valence electrons. The molecule has 0 saturated heterocycles. The minimum absolute atomic E-state index is 0.0133. The predicted molar refractivity (Wildman–Crippen MR) is 187 cm³/mol. The summed E-state index contributed by atoms with van der Waals surface area (Å²) < 4.78 is 86.5. The molecule has 5 aromatic rings. The van der Waals surface area contributed by atoms with Gasteiger partial charge in [0, 0.05) is 31.2 Å². The Morgan fingerprint density at radius 3 is 1.65 bits per heavy atom. The molecule has 0 aromatic heterocycles. The number of hydrogen-bond acceptors (Lipinski definition) is 5. The van der Waals surface area contributed by atoms with Gasteiger partial charge in [0.05, 0.1) is 20.0 Å². The molecular formula is C34H26Cl4F2N2O5S2. The van der Waals surface area contributed by atoms with Gasteiger partial charge >= 0.3 is 0 Å². The van der Waals surface area contributed by atoms with Crippen LogP contribution < -0.4 is 0 Å². The lowest BCUT2D eigenvalue weighted by molar-refractivity contribution is 0.381. The average molecular weight is 787 g/mol. The largest absolute Gasteiger partial charge is 0.505 e. The summed E-state index contributed by atoms with van der Waals surface area (Å²) in [6.45, 7) is -1.09. The van der Waals surface area contributed by atoms with Crippen molar-refractivity contribution in [2.75, 3.05) is 0 Å². The van der Waals surface area contributed by atoms with Gasteiger partial charge in [0.1, 0.15) is 10.7 Å². The SMILES string of the molecule is O=S(=O)(c1ccccc1)N(Cc1cc(Cl)c(F)c(Cl)c1)Cc1ccccc1CN(Cc1ccc(F)cc1)S(=O)(=O)c1cc(Cl)cc(Cl)c1O. The number of nitrogens with zero attached hydrogens (tertiary/aromatic N) is 2. The van der Waals surface area contributed by atoms with Crippen LogP contribution in [0, 0.1) is 11.6 Å². The van der Waals surface area contributed by atoms with E-state index >= 15 is 0 Å². The third-order valence-corrected chi connectivity index (χ3v) is 12.1. The van der Waals surface area contributed by atoms with E-state index in [1.54, 1.807) is 42.5 Å². The van der Waals surface area contributed by atoms with E-state index in [4.69, 9.17) is 46.4 Å². The molecule has 7 nitrogen and oxygen atoms in total. The highest BCUT2D eigenvalue weighted by molar-refractivity contribution is 7.89. The summed E-state index contributed by atoms with van der Waals surface area (Å²) in [5.74, 6) is -2.07. The fourth-order valence-corrected chi connectivity index (χ4v) is 9.12. The second kappa shape index (κ2) is 15.3. The van der Waals surface area contributed by atoms with E-state index in [0.29, 0.717) is 22.3 Å². The number of sulfonamides is 2. The molecule has 0 unspecified atom stereocenters. The Morgan fingerprint density at radius 2 is 1.08 bits per heavy atom. The van der Waals surface area contributed by atoms with Crippen molar-refractivity contribution in [2.24, 2.45) is 0 Å². The maximum Gasteiger partial charge on any atom is 0.247 e. The Labute approximate surface area is 302 Å². The fraction of sp³-hybridized carbons (Fsp3) is 0.118. The highest BCUT2D eigenvalue weighted by Gasteiger charge is 2.31. The molecule has 0 amide bonds. The van der Waals surface area contributed by atoms with Crippen LogP contribution in [0.3, 0.4) is 0 Å². The Kier molecular flexibility index (Phi) is 11.6. The zero-order valence-electron chi connectivity index (χ0n) is 25.2. The number of hydrogen-bond donors (Lipinski definition) is 1. The monoisotopic (exact) mass is 784 g/mol. The van der Waals surface area contributed by atoms with Gasteiger partial charge in [-0.2, -0.15) is 8.61 Å². The van der Waals surface area contributed by atoms with Gasteiger partial charge in [-0.1, -0.05) is 101 Å². The summed E-state index contributed by atoms with van der Waals surface area (Å²) in [4.78, 5) is -0.566. The molecule has 1 N–H and O–H groups in total. The molecule has 0 spiro atoms. The highest BCUT2D eigenvalue weighted by Crippen LogP contribution is 2.37. The van der Waals surface area contributed by atoms with Crippen molar-refractivity contribution in [3.05, 3.63) is 157 Å². The van der Waals surface area contributed by atoms with Crippen molar-refractivity contribution in [3.8, 4) is 5.75 Å². The van der Waals surface area contributed by atoms with E-state index in [9.17, 15) is 30.7 Å². The lowest BCUT2D eigenvalue weighted by Gasteiger charge is -2.27. The van der Waals surface area contributed by atoms with Gasteiger partial charge in [0.2, 0.25) is 20.0 Å². The van der Waals surface area contributed by atoms with Crippen molar-refractivity contribution in [1.82, 2.24) is 8.61 Å². The smallest absolute Gasteiger partial charge is 0.247 e. The molecule has 0 aliphatic carbocycles. The molecule has 0 saturated carbocycles. The molecule has 0 aliphatic rings. The third-order valence-electron chi connectivity index (χ3n) is 7.48. The minimum atomic E-state index is -4.54. The van der Waals surface area contributed by atoms with Gasteiger partial charge in [-0.05, 0) is 70.8 Å². The number of phenolic OH excluding ortho intramolecular Hbond substituents is 1. The van der Waals surface area contributed by atoms with E-state index < -0.39 is 42.3 Å². The van der Waals surface area contributed by atoms with Crippen molar-refractivity contribution in [1.29, 1.82) is 0 Å². The quantitative estimate of drug-likeness (QED) is 0.128. The normalized spacial score (nSPS) is 12.2. The van der Waals surface area contributed by atoms with Gasteiger partial charge in [-0.15, -0.1) is 0 Å². The zero-order chi connectivity index (χ0) is 35.5. The van der Waals surface area contributed by atoms with E-state index in [1.165, 1.54) is 54.6 Å². The fourth-order valence-electron chi connectivity index (χ4n) is 5.01. The van der Waals surface area contributed by atoms with Gasteiger partial charge in [-0.3, -0.25) is 0 Å². The van der Waals surface area contributed by atoms with Crippen molar-refractivity contribution in [3.63, 3.8) is 0 Å². The summed E-state index contributed by atoms with van der Waals surface area (Å²) in [6, 6.07) is 24.3. The van der Waals surface area contributed by atoms with E-state index in [-0.39, 0.29) is 51.2 Å². The van der Waals surface area contributed by atoms with Crippen LogP contribution in [-0.4, -0.2) is 30.6 Å². The first-order valence-corrected chi connectivity index (χ1v) is 18.7. The van der Waals surface area contributed by atoms with Crippen LogP contribution in [0.1, 0.15) is 22.3 Å². The van der Waals surface area contributed by atoms with Crippen LogP contribution in [0.5, 0.6) is 5.75 Å². The minimum Gasteiger partial charge on any atom is -0.505 e. The topological polar surface area (TPSA) is 95.0 Å². The average Bonchev–Trinajstić information content (AvgIpc) is 3.06. The van der Waals surface area contributed by atoms with Crippen LogP contribution in [-0.2, 0) is 46.2 Å². The Bertz CT molecular complexity index is 2190. The number of phenols is 1. The molecule has 0 bridgehead atoms. The van der Waals surface area contributed by atoms with Gasteiger partial charge in [-0.25, -0.2) is 25.6 Å². The predicted octanol–water partition coefficient (Wildman–Crippen LogP) is 9.07. The molecule has 0 fully saturated rings. The summed E-state index contributed by atoms with van der Waals surface area (Å²) >= 11 is 24.3. The second-order valence-corrected chi connectivity index (χ2v) is 16.4. The molecule has 0 heterocycles. The molecular weight excluding hydrogens is 760 g/mol. The lowest BCUT2D eigenvalue weighted by atomic mass is 10.1. The van der Waals surface area contributed by atoms with Crippen LogP contribution in [0.2, 0.25) is 20.1 Å². The zero-order valence-corrected chi connectivity index (χ0v) is 29.9. The number of aromatic hydroxyl groups is 1. The molecule has 5 aromatic carbocycles. The number of rotatable bonds is 12. The van der Waals surface area contributed by atoms with E-state index in [1.807, 2.05) is 0 Å². The van der Waals surface area contributed by atoms with E-state index in [0.717, 1.165) is 14.7 Å². The van der Waals surface area contributed by atoms with Crippen LogP contribution in [0.15, 0.2) is 113 Å². The Balaban J connectivity index is 1.58. The molecule has 0 atom stereocenters. The number of halogens is 6. The van der Waals surface area contributed by atoms with Crippen molar-refractivity contribution < 1.29 is 30.7 Å². The van der Waals surface area contributed by atoms with Crippen molar-refractivity contribution in [2.45, 2.75) is 36.0 Å². The second-order valence-electron chi connectivity index (χ2n) is 10.9. The van der Waals surface area contributed by atoms with Crippen LogP contribution in [0.25, 0.3) is 0 Å². The summed E-state index contributed by atoms with van der Waals surface area (Å²) in [7, 11) is -8.73. The standard InChI is InChI=1S/C34H26Cl4F2N2O5S2/c35-26-16-31(38)34(43)32(17-26)49(46,47)42(18-22-10-12-27(39)13-11-22)21-25-7-5-4-6-24(25)20-41(48(44,45)28-8-2-1-3-9-28)19-23-14-29(36)33(40)30(37)15-23/h1-17,43H,18-21H2. The van der Waals surface area contributed by atoms with Crippen LogP contribution in [0.4, 0.5) is 8.78 Å². The van der Waals surface area contributed by atoms with Gasteiger partial charge in [0.15, 0.2) is 11.6 Å². The molecule has 5 rings (SSSR count). The highest BCUT2D eigenvalue weighted by atomic mass is 35.5. The molecule has 0 radical (unpaired) electrons. The van der Waals surface area contributed by atoms with Crippen molar-refractivity contribution >= 4 is 66.5 Å². The summed E-state index contributed by atoms with van der Waals surface area (Å²) in [5.41, 5.74) is 1.56. The van der Waals surface area contributed by atoms with Gasteiger partial charge < -0.3 is 5.11 Å². The van der Waals surface area contributed by atoms with E-state index in [2.05, 4.69) is 0 Å². The third kappa shape index (κ3) is 8.56. The first-order chi connectivity index (χ1) is 23.2. The maximum absolute atomic E-state index is 14.2. The molecule has 0 aliphatic heterocycles. The maximum atomic E-state index is 14.2. The first kappa shape index (κ1) is 37.0. The van der Waals surface area contributed by atoms with Gasteiger partial charge in [0.25, 0.3) is 0 Å². The Morgan fingerprint density at radius 1 is 0.571 bits per heavy atom. The summed E-state index contributed by atoms with van der Waals surface area (Å²) in [5, 5.41) is 9.79.